The summed E-state index contributed by atoms with van der Waals surface area (Å²) in [5.41, 5.74) is 25.3. The number of carbonyl (C=O) groups excluding carboxylic acids is 10. The van der Waals surface area contributed by atoms with Gasteiger partial charge in [0, 0.05) is 26.1 Å². The predicted molar refractivity (Wildman–Crippen MR) is 358 cm³/mol. The largest absolute Gasteiger partial charge is 0.394 e. The van der Waals surface area contributed by atoms with Gasteiger partial charge in [0.1, 0.15) is 61.1 Å². The number of rotatable bonds is 5. The van der Waals surface area contributed by atoms with E-state index in [4.69, 9.17) is 48.3 Å². The van der Waals surface area contributed by atoms with Crippen molar-refractivity contribution in [3.8, 4) is 0 Å². The van der Waals surface area contributed by atoms with E-state index in [-0.39, 0.29) is 36.6 Å². The maximum atomic E-state index is 10.7. The number of piperidine rings is 1. The zero-order valence-corrected chi connectivity index (χ0v) is 56.7. The molecule has 3 rings (SSSR count). The molecule has 1 heterocycles. The summed E-state index contributed by atoms with van der Waals surface area (Å²) in [6.07, 6.45) is 9.71. The molecule has 0 aliphatic carbocycles. The van der Waals surface area contributed by atoms with Gasteiger partial charge in [0.2, 0.25) is 5.91 Å². The van der Waals surface area contributed by atoms with Crippen LogP contribution in [0.1, 0.15) is 174 Å². The van der Waals surface area contributed by atoms with Crippen LogP contribution in [0.3, 0.4) is 0 Å². The summed E-state index contributed by atoms with van der Waals surface area (Å²) in [5.74, 6) is 2.88. The molecule has 0 unspecified atom stereocenters. The standard InChI is InChI=1S/2C8H10.C7H13NO.3C5H12.C3H8O.2C2H6.5CH5N.9CH2O.4H3N/c2*1-2-8-6-4-3-5-7-8;1-7(9)8-5-3-2-4-6-8;3*1-4-5(2)3;1-3(2)4;16*1-2;;;;/h2*3-7H,2H2,1H3;2-6H2,1H3;3*5H,4H2,1-3H3;3-4H,1-2H3;2*1-2H3;5*2H2,1H3;9*1H2;4*1H3. The van der Waals surface area contributed by atoms with E-state index >= 15 is 0 Å². The van der Waals surface area contributed by atoms with Crippen LogP contribution >= 0.6 is 0 Å². The Balaban J connectivity index is -0.0000000192. The summed E-state index contributed by atoms with van der Waals surface area (Å²) in [7, 11) is 7.50. The molecule has 0 aromatic heterocycles. The fourth-order valence-corrected chi connectivity index (χ4v) is 2.64. The smallest absolute Gasteiger partial charge is 0.219 e. The lowest BCUT2D eigenvalue weighted by molar-refractivity contribution is -0.129. The lowest BCUT2D eigenvalue weighted by Gasteiger charge is -2.24. The number of hydrogen-bond acceptors (Lipinski definition) is 20. The van der Waals surface area contributed by atoms with Crippen molar-refractivity contribution in [3.05, 3.63) is 71.8 Å². The second-order valence-corrected chi connectivity index (χ2v) is 12.7. The van der Waals surface area contributed by atoms with Crippen LogP contribution in [0.15, 0.2) is 60.7 Å². The van der Waals surface area contributed by atoms with Crippen molar-refractivity contribution in [2.45, 2.75) is 182 Å². The number of amides is 1. The highest BCUT2D eigenvalue weighted by Crippen LogP contribution is 2.07. The van der Waals surface area contributed by atoms with Crippen LogP contribution in [0.2, 0.25) is 0 Å². The van der Waals surface area contributed by atoms with Crippen molar-refractivity contribution in [2.24, 2.45) is 46.4 Å². The number of benzene rings is 2. The lowest BCUT2D eigenvalue weighted by atomic mass is 10.1. The molecule has 1 aliphatic heterocycles. The number of nitrogens with two attached hydrogens (primary N) is 5. The van der Waals surface area contributed by atoms with Crippen LogP contribution < -0.4 is 53.3 Å². The van der Waals surface area contributed by atoms with Gasteiger partial charge in [-0.2, -0.15) is 0 Å². The molecule has 80 heavy (non-hydrogen) atoms. The molecular formula is C59H144N10O11. The molecule has 0 radical (unpaired) electrons. The van der Waals surface area contributed by atoms with Crippen molar-refractivity contribution in [1.82, 2.24) is 29.5 Å². The van der Waals surface area contributed by atoms with Gasteiger partial charge >= 0.3 is 0 Å². The number of carbonyl (C=O) groups is 10. The van der Waals surface area contributed by atoms with Gasteiger partial charge in [-0.25, -0.2) is 0 Å². The lowest BCUT2D eigenvalue weighted by Crippen LogP contribution is -2.33. The molecule has 23 N–H and O–H groups in total. The van der Waals surface area contributed by atoms with Gasteiger partial charge in [-0.05, 0) is 110 Å². The first-order valence-corrected chi connectivity index (χ1v) is 25.2. The Morgan fingerprint density at radius 1 is 0.400 bits per heavy atom. The first-order chi connectivity index (χ1) is 36.7. The highest BCUT2D eigenvalue weighted by atomic mass is 16.3. The molecule has 21 nitrogen and oxygen atoms in total. The molecule has 0 atom stereocenters. The third-order valence-electron chi connectivity index (χ3n) is 6.75. The third-order valence-corrected chi connectivity index (χ3v) is 6.75. The van der Waals surface area contributed by atoms with Crippen molar-refractivity contribution in [2.75, 3.05) is 48.3 Å². The Labute approximate surface area is 496 Å². The summed E-state index contributed by atoms with van der Waals surface area (Å²) in [6.45, 7) is 57.3. The quantitative estimate of drug-likeness (QED) is 0.133. The van der Waals surface area contributed by atoms with E-state index < -0.39 is 0 Å². The number of aliphatic hydroxyl groups excluding tert-OH is 1. The molecule has 2 aromatic carbocycles. The van der Waals surface area contributed by atoms with Crippen LogP contribution in [0.25, 0.3) is 0 Å². The average molecular weight is 1170 g/mol. The summed E-state index contributed by atoms with van der Waals surface area (Å²) < 4.78 is 0. The molecule has 496 valence electrons. The number of aliphatic hydroxyl groups is 1. The van der Waals surface area contributed by atoms with E-state index in [2.05, 4.69) is 153 Å². The molecule has 0 saturated carbocycles. The van der Waals surface area contributed by atoms with E-state index in [0.29, 0.717) is 0 Å². The number of aryl methyl sites for hydroxylation is 2. The first kappa shape index (κ1) is 158. The number of likely N-dealkylation sites (tertiary alicyclic amines) is 1. The average Bonchev–Trinajstić information content (AvgIpc) is 3.54. The number of nitrogens with zero attached hydrogens (tertiary/aromatic N) is 1. The first-order valence-electron chi connectivity index (χ1n) is 25.2. The molecule has 1 aliphatic rings. The van der Waals surface area contributed by atoms with Crippen molar-refractivity contribution < 1.29 is 53.1 Å². The normalized spacial score (nSPS) is 7.29. The molecule has 0 spiro atoms. The van der Waals surface area contributed by atoms with Crippen molar-refractivity contribution in [3.63, 3.8) is 0 Å². The van der Waals surface area contributed by atoms with E-state index in [1.165, 1.54) is 84.9 Å². The maximum absolute atomic E-state index is 10.7. The minimum Gasteiger partial charge on any atom is -0.394 e. The fourth-order valence-electron chi connectivity index (χ4n) is 2.64. The Morgan fingerprint density at radius 2 is 0.537 bits per heavy atom. The molecule has 1 amide bonds. The van der Waals surface area contributed by atoms with Crippen LogP contribution in [0.5, 0.6) is 0 Å². The zero-order valence-electron chi connectivity index (χ0n) is 56.7. The number of hydrogen-bond donors (Lipinski definition) is 10. The van der Waals surface area contributed by atoms with Gasteiger partial charge in [0.15, 0.2) is 0 Å². The van der Waals surface area contributed by atoms with Gasteiger partial charge < -0.3 is 106 Å². The van der Waals surface area contributed by atoms with Gasteiger partial charge in [0.25, 0.3) is 0 Å². The van der Waals surface area contributed by atoms with Crippen LogP contribution in [0, 0.1) is 17.8 Å². The molecule has 0 bridgehead atoms. The van der Waals surface area contributed by atoms with E-state index in [0.717, 1.165) is 43.7 Å². The SMILES string of the molecule is C=O.C=O.C=O.C=O.C=O.C=O.C=O.C=O.C=O.CC.CC.CC(=O)N1CCCCC1.CC(C)O.CCC(C)C.CCC(C)C.CCC(C)C.CCc1ccccc1.CCc1ccccc1.CN.CN.CN.CN.CN.N.N.N.N. The second-order valence-electron chi connectivity index (χ2n) is 12.7. The van der Waals surface area contributed by atoms with Crippen molar-refractivity contribution in [1.29, 1.82) is 0 Å². The van der Waals surface area contributed by atoms with E-state index in [1.807, 2.05) is 106 Å². The molecular weight excluding hydrogens is 1020 g/mol. The second kappa shape index (κ2) is 261. The van der Waals surface area contributed by atoms with Crippen LogP contribution in [-0.2, 0) is 60.8 Å². The minimum atomic E-state index is -0.167. The van der Waals surface area contributed by atoms with Gasteiger partial charge in [-0.3, -0.25) is 4.79 Å². The maximum Gasteiger partial charge on any atom is 0.219 e. The fraction of sp³-hybridized carbons (Fsp3) is 0.627. The van der Waals surface area contributed by atoms with Crippen LogP contribution in [0.4, 0.5) is 0 Å². The van der Waals surface area contributed by atoms with E-state index in [9.17, 15) is 4.79 Å². The predicted octanol–water partition coefficient (Wildman–Crippen LogP) is 11.0. The van der Waals surface area contributed by atoms with E-state index in [1.54, 1.807) is 20.8 Å². The molecule has 1 fully saturated rings. The van der Waals surface area contributed by atoms with Crippen LogP contribution in [-0.4, -0.2) is 131 Å². The van der Waals surface area contributed by atoms with Gasteiger partial charge in [-0.15, -0.1) is 0 Å². The molecule has 21 heteroatoms. The Morgan fingerprint density at radius 3 is 0.613 bits per heavy atom. The zero-order chi connectivity index (χ0) is 66.8. The Bertz CT molecular complexity index is 895. The summed E-state index contributed by atoms with van der Waals surface area (Å²) in [6, 6.07) is 20.9. The van der Waals surface area contributed by atoms with Gasteiger partial charge in [-0.1, -0.05) is 184 Å². The third kappa shape index (κ3) is 351. The molecule has 1 saturated heterocycles. The summed E-state index contributed by atoms with van der Waals surface area (Å²) >= 11 is 0. The monoisotopic (exact) mass is 1170 g/mol. The van der Waals surface area contributed by atoms with Crippen molar-refractivity contribution >= 4 is 67.0 Å². The minimum absolute atomic E-state index is 0. The summed E-state index contributed by atoms with van der Waals surface area (Å²) in [5, 5.41) is 8.06. The highest BCUT2D eigenvalue weighted by molar-refractivity contribution is 5.73. The highest BCUT2D eigenvalue weighted by Gasteiger charge is 2.11. The van der Waals surface area contributed by atoms with Gasteiger partial charge in [0.05, 0.1) is 0 Å². The molecule has 2 aromatic rings. The Kier molecular flexibility index (Phi) is 514. The summed E-state index contributed by atoms with van der Waals surface area (Å²) in [4.78, 5) is 84.6. The topological polar surface area (TPSA) is 464 Å². The Hall–Kier alpha value is -5.46.